The number of aromatic nitrogens is 2. The van der Waals surface area contributed by atoms with Crippen LogP contribution >= 0.6 is 0 Å². The molecule has 0 aliphatic heterocycles. The molecule has 3 rings (SSSR count). The number of ether oxygens (including phenoxy) is 1. The van der Waals surface area contributed by atoms with Gasteiger partial charge in [-0.05, 0) is 43.5 Å². The normalized spacial score (nSPS) is 10.9. The van der Waals surface area contributed by atoms with Crippen molar-refractivity contribution in [1.82, 2.24) is 15.3 Å². The van der Waals surface area contributed by atoms with Gasteiger partial charge in [-0.2, -0.15) is 0 Å². The van der Waals surface area contributed by atoms with Crippen LogP contribution in [0.4, 0.5) is 5.95 Å². The Hall–Kier alpha value is -4.27. The van der Waals surface area contributed by atoms with E-state index < -0.39 is 28.9 Å². The van der Waals surface area contributed by atoms with E-state index >= 15 is 0 Å². The van der Waals surface area contributed by atoms with Crippen LogP contribution in [0, 0.1) is 0 Å². The zero-order valence-electron chi connectivity index (χ0n) is 19.9. The Balaban J connectivity index is 1.55. The molecular weight excluding hydrogens is 448 g/mol. The first-order valence-electron chi connectivity index (χ1n) is 11.1. The first kappa shape index (κ1) is 25.4. The van der Waals surface area contributed by atoms with Gasteiger partial charge in [0.2, 0.25) is 11.9 Å². The van der Waals surface area contributed by atoms with Crippen molar-refractivity contribution in [3.05, 3.63) is 82.3 Å². The van der Waals surface area contributed by atoms with Gasteiger partial charge in [-0.15, -0.1) is 0 Å². The van der Waals surface area contributed by atoms with Gasteiger partial charge in [-0.3, -0.25) is 29.5 Å². The van der Waals surface area contributed by atoms with Crippen LogP contribution in [0.1, 0.15) is 49.5 Å². The highest BCUT2D eigenvalue weighted by Gasteiger charge is 2.18. The number of H-pyrrole nitrogens is 1. The maximum Gasteiger partial charge on any atom is 0.306 e. The highest BCUT2D eigenvalue weighted by Crippen LogP contribution is 2.20. The Morgan fingerprint density at radius 2 is 1.69 bits per heavy atom. The van der Waals surface area contributed by atoms with Gasteiger partial charge >= 0.3 is 5.97 Å². The lowest BCUT2D eigenvalue weighted by molar-refractivity contribution is -0.155. The molecule has 35 heavy (non-hydrogen) atoms. The van der Waals surface area contributed by atoms with Crippen LogP contribution in [-0.2, 0) is 20.9 Å². The van der Waals surface area contributed by atoms with Gasteiger partial charge in [0.25, 0.3) is 11.5 Å². The molecule has 0 radical (unpaired) electrons. The lowest BCUT2D eigenvalue weighted by atomic mass is 10.0. The average Bonchev–Trinajstić information content (AvgIpc) is 2.81. The minimum atomic E-state index is -0.696. The number of rotatable bonds is 8. The predicted molar refractivity (Wildman–Crippen MR) is 132 cm³/mol. The second kappa shape index (κ2) is 11.2. The number of nitrogens with one attached hydrogen (secondary N) is 3. The van der Waals surface area contributed by atoms with Crippen molar-refractivity contribution < 1.29 is 19.1 Å². The zero-order chi connectivity index (χ0) is 25.4. The quantitative estimate of drug-likeness (QED) is 0.427. The molecular formula is C26H28N4O5. The predicted octanol–water partition coefficient (Wildman–Crippen LogP) is 3.43. The van der Waals surface area contributed by atoms with E-state index in [9.17, 15) is 19.2 Å². The summed E-state index contributed by atoms with van der Waals surface area (Å²) in [5.41, 5.74) is 1.43. The topological polar surface area (TPSA) is 130 Å². The standard InChI is InChI=1S/C26H28N4O5/c1-26(2,3)35-22(32)13-12-21(31)29-25-28-16-20(24(34)30-25)23(33)27-15-17-8-7-11-19(14-17)18-9-5-4-6-10-18/h4-11,14,16H,12-13,15H2,1-3H3,(H,27,33)(H2,28,29,30,31,34). The average molecular weight is 477 g/mol. The van der Waals surface area contributed by atoms with Crippen LogP contribution < -0.4 is 16.2 Å². The maximum absolute atomic E-state index is 12.5. The van der Waals surface area contributed by atoms with Crippen LogP contribution in [0.5, 0.6) is 0 Å². The number of anilines is 1. The molecule has 3 N–H and O–H groups in total. The van der Waals surface area contributed by atoms with Crippen molar-refractivity contribution in [3.63, 3.8) is 0 Å². The number of hydrogen-bond acceptors (Lipinski definition) is 6. The molecule has 0 saturated heterocycles. The first-order chi connectivity index (χ1) is 16.6. The molecule has 2 aromatic carbocycles. The molecule has 0 spiro atoms. The van der Waals surface area contributed by atoms with Crippen molar-refractivity contribution in [2.75, 3.05) is 5.32 Å². The van der Waals surface area contributed by atoms with Crippen LogP contribution in [-0.4, -0.2) is 33.4 Å². The summed E-state index contributed by atoms with van der Waals surface area (Å²) in [6.07, 6.45) is 0.847. The van der Waals surface area contributed by atoms with E-state index in [-0.39, 0.29) is 30.9 Å². The van der Waals surface area contributed by atoms with E-state index in [1.165, 1.54) is 0 Å². The Bertz CT molecular complexity index is 1260. The van der Waals surface area contributed by atoms with Gasteiger partial charge in [-0.25, -0.2) is 4.98 Å². The summed E-state index contributed by atoms with van der Waals surface area (Å²) < 4.78 is 5.15. The molecule has 1 heterocycles. The zero-order valence-corrected chi connectivity index (χ0v) is 19.9. The minimum absolute atomic E-state index is 0.112. The summed E-state index contributed by atoms with van der Waals surface area (Å²) in [5.74, 6) is -1.73. The van der Waals surface area contributed by atoms with Crippen molar-refractivity contribution in [2.24, 2.45) is 0 Å². The van der Waals surface area contributed by atoms with Crippen LogP contribution in [0.3, 0.4) is 0 Å². The third-order valence-electron chi connectivity index (χ3n) is 4.77. The van der Waals surface area contributed by atoms with Crippen LogP contribution in [0.2, 0.25) is 0 Å². The fraction of sp³-hybridized carbons (Fsp3) is 0.269. The van der Waals surface area contributed by atoms with Crippen LogP contribution in [0.15, 0.2) is 65.6 Å². The molecule has 0 unspecified atom stereocenters. The van der Waals surface area contributed by atoms with E-state index in [1.54, 1.807) is 20.8 Å². The smallest absolute Gasteiger partial charge is 0.306 e. The Labute approximate surface area is 202 Å². The number of carbonyl (C=O) groups excluding carboxylic acids is 3. The number of benzene rings is 2. The number of esters is 1. The molecule has 9 heteroatoms. The highest BCUT2D eigenvalue weighted by molar-refractivity contribution is 5.94. The summed E-state index contributed by atoms with van der Waals surface area (Å²) >= 11 is 0. The van der Waals surface area contributed by atoms with E-state index in [0.29, 0.717) is 0 Å². The number of carbonyl (C=O) groups is 3. The van der Waals surface area contributed by atoms with Gasteiger partial charge in [0.1, 0.15) is 11.2 Å². The van der Waals surface area contributed by atoms with Gasteiger partial charge in [0.05, 0.1) is 6.42 Å². The molecule has 0 fully saturated rings. The van der Waals surface area contributed by atoms with Crippen molar-refractivity contribution >= 4 is 23.7 Å². The molecule has 0 aliphatic carbocycles. The van der Waals surface area contributed by atoms with Crippen molar-refractivity contribution in [2.45, 2.75) is 45.8 Å². The molecule has 0 aliphatic rings. The van der Waals surface area contributed by atoms with E-state index in [2.05, 4.69) is 20.6 Å². The summed E-state index contributed by atoms with van der Waals surface area (Å²) in [5, 5.41) is 5.11. The third kappa shape index (κ3) is 7.92. The molecule has 0 bridgehead atoms. The second-order valence-electron chi connectivity index (χ2n) is 8.86. The molecule has 9 nitrogen and oxygen atoms in total. The highest BCUT2D eigenvalue weighted by atomic mass is 16.6. The van der Waals surface area contributed by atoms with Gasteiger partial charge in [0.15, 0.2) is 0 Å². The molecule has 2 amide bonds. The monoisotopic (exact) mass is 476 g/mol. The Morgan fingerprint density at radius 1 is 0.971 bits per heavy atom. The number of amides is 2. The Kier molecular flexibility index (Phi) is 8.14. The second-order valence-corrected chi connectivity index (χ2v) is 8.86. The largest absolute Gasteiger partial charge is 0.460 e. The minimum Gasteiger partial charge on any atom is -0.460 e. The lowest BCUT2D eigenvalue weighted by Crippen LogP contribution is -2.30. The number of hydrogen-bond donors (Lipinski definition) is 3. The Morgan fingerprint density at radius 3 is 2.37 bits per heavy atom. The molecule has 3 aromatic rings. The molecule has 1 aromatic heterocycles. The van der Waals surface area contributed by atoms with E-state index in [1.807, 2.05) is 54.6 Å². The molecule has 0 atom stereocenters. The maximum atomic E-state index is 12.5. The van der Waals surface area contributed by atoms with Crippen LogP contribution in [0.25, 0.3) is 11.1 Å². The summed E-state index contributed by atoms with van der Waals surface area (Å²) in [6.45, 7) is 5.43. The summed E-state index contributed by atoms with van der Waals surface area (Å²) in [6, 6.07) is 17.6. The fourth-order valence-corrected chi connectivity index (χ4v) is 3.19. The van der Waals surface area contributed by atoms with Gasteiger partial charge < -0.3 is 10.1 Å². The van der Waals surface area contributed by atoms with E-state index in [4.69, 9.17) is 4.74 Å². The van der Waals surface area contributed by atoms with Gasteiger partial charge in [-0.1, -0.05) is 48.5 Å². The molecule has 0 saturated carbocycles. The summed E-state index contributed by atoms with van der Waals surface area (Å²) in [7, 11) is 0. The molecule has 182 valence electrons. The SMILES string of the molecule is CC(C)(C)OC(=O)CCC(=O)Nc1ncc(C(=O)NCc2cccc(-c3ccccc3)c2)c(=O)[nH]1. The number of nitrogens with zero attached hydrogens (tertiary/aromatic N) is 1. The number of aromatic amines is 1. The van der Waals surface area contributed by atoms with Crippen molar-refractivity contribution in [3.8, 4) is 11.1 Å². The summed E-state index contributed by atoms with van der Waals surface area (Å²) in [4.78, 5) is 54.9. The van der Waals surface area contributed by atoms with E-state index in [0.717, 1.165) is 22.9 Å². The van der Waals surface area contributed by atoms with Gasteiger partial charge in [0, 0.05) is 19.2 Å². The first-order valence-corrected chi connectivity index (χ1v) is 11.1. The lowest BCUT2D eigenvalue weighted by Gasteiger charge is -2.19. The van der Waals surface area contributed by atoms with Crippen molar-refractivity contribution in [1.29, 1.82) is 0 Å². The fourth-order valence-electron chi connectivity index (χ4n) is 3.19. The third-order valence-corrected chi connectivity index (χ3v) is 4.77.